The van der Waals surface area contributed by atoms with Gasteiger partial charge in [-0.05, 0) is 43.7 Å². The van der Waals surface area contributed by atoms with Gasteiger partial charge in [0.25, 0.3) is 0 Å². The highest BCUT2D eigenvalue weighted by atomic mass is 16.6. The summed E-state index contributed by atoms with van der Waals surface area (Å²) in [4.78, 5) is 16.4. The first-order chi connectivity index (χ1) is 13.7. The van der Waals surface area contributed by atoms with Crippen LogP contribution < -0.4 is 4.90 Å². The highest BCUT2D eigenvalue weighted by Gasteiger charge is 2.49. The summed E-state index contributed by atoms with van der Waals surface area (Å²) in [6.07, 6.45) is 8.20. The second-order valence-corrected chi connectivity index (χ2v) is 9.01. The zero-order valence-corrected chi connectivity index (χ0v) is 16.0. The van der Waals surface area contributed by atoms with Crippen molar-refractivity contribution in [1.29, 1.82) is 0 Å². The summed E-state index contributed by atoms with van der Waals surface area (Å²) in [5.74, 6) is 0.452. The number of piperidine rings is 1. The minimum absolute atomic E-state index is 0.130. The van der Waals surface area contributed by atoms with E-state index in [-0.39, 0.29) is 12.2 Å². The summed E-state index contributed by atoms with van der Waals surface area (Å²) in [7, 11) is 0. The zero-order chi connectivity index (χ0) is 18.7. The average Bonchev–Trinajstić information content (AvgIpc) is 3.35. The molecule has 3 aliphatic heterocycles. The van der Waals surface area contributed by atoms with E-state index < -0.39 is 0 Å². The number of amides is 1. The van der Waals surface area contributed by atoms with Gasteiger partial charge in [0.1, 0.15) is 6.10 Å². The van der Waals surface area contributed by atoms with Gasteiger partial charge in [-0.3, -0.25) is 0 Å². The van der Waals surface area contributed by atoms with Crippen LogP contribution in [-0.4, -0.2) is 66.1 Å². The average molecular weight is 382 g/mol. The number of nitrogens with zero attached hydrogens (tertiary/aromatic N) is 4. The van der Waals surface area contributed by atoms with Gasteiger partial charge in [0, 0.05) is 31.7 Å². The van der Waals surface area contributed by atoms with Crippen LogP contribution >= 0.6 is 0 Å². The van der Waals surface area contributed by atoms with E-state index in [9.17, 15) is 4.79 Å². The molecule has 5 heterocycles. The van der Waals surface area contributed by atoms with E-state index in [1.807, 2.05) is 15.6 Å². The molecule has 28 heavy (non-hydrogen) atoms. The van der Waals surface area contributed by atoms with Gasteiger partial charge in [-0.2, -0.15) is 5.10 Å². The maximum Gasteiger partial charge on any atom is 0.410 e. The Kier molecular flexibility index (Phi) is 3.63. The number of anilines is 1. The van der Waals surface area contributed by atoms with Crippen molar-refractivity contribution in [2.75, 3.05) is 44.3 Å². The molecule has 3 saturated heterocycles. The molecule has 7 heteroatoms. The van der Waals surface area contributed by atoms with E-state index >= 15 is 0 Å². The number of likely N-dealkylation sites (tertiary alicyclic amines) is 1. The molecule has 2 aromatic rings. The van der Waals surface area contributed by atoms with Gasteiger partial charge in [-0.25, -0.2) is 9.31 Å². The Morgan fingerprint density at radius 3 is 2.61 bits per heavy atom. The predicted octanol–water partition coefficient (Wildman–Crippen LogP) is 2.65. The van der Waals surface area contributed by atoms with Crippen molar-refractivity contribution in [1.82, 2.24) is 14.5 Å². The number of carbonyl (C=O) groups is 1. The number of hydrogen-bond acceptors (Lipinski definition) is 5. The Morgan fingerprint density at radius 1 is 1.14 bits per heavy atom. The van der Waals surface area contributed by atoms with Crippen LogP contribution in [0.5, 0.6) is 0 Å². The highest BCUT2D eigenvalue weighted by molar-refractivity contribution is 5.68. The number of fused-ring (bicyclic) bond motifs is 1. The molecule has 0 atom stereocenters. The van der Waals surface area contributed by atoms with Crippen LogP contribution in [0.3, 0.4) is 0 Å². The third-order valence-electron chi connectivity index (χ3n) is 6.75. The fraction of sp³-hybridized carbons (Fsp3) is 0.619. The number of ether oxygens (including phenoxy) is 2. The van der Waals surface area contributed by atoms with E-state index in [0.29, 0.717) is 11.3 Å². The first-order valence-electron chi connectivity index (χ1n) is 10.4. The molecule has 1 aliphatic carbocycles. The number of pyridine rings is 1. The predicted molar refractivity (Wildman–Crippen MR) is 104 cm³/mol. The molecular weight excluding hydrogens is 356 g/mol. The molecule has 7 nitrogen and oxygen atoms in total. The van der Waals surface area contributed by atoms with E-state index in [0.717, 1.165) is 65.1 Å². The van der Waals surface area contributed by atoms with Gasteiger partial charge < -0.3 is 19.3 Å². The van der Waals surface area contributed by atoms with Gasteiger partial charge >= 0.3 is 6.09 Å². The maximum atomic E-state index is 12.1. The van der Waals surface area contributed by atoms with Gasteiger partial charge in [0.05, 0.1) is 42.2 Å². The lowest BCUT2D eigenvalue weighted by molar-refractivity contribution is -0.127. The van der Waals surface area contributed by atoms with Crippen molar-refractivity contribution in [3.63, 3.8) is 0 Å². The molecule has 148 valence electrons. The third kappa shape index (κ3) is 2.75. The maximum absolute atomic E-state index is 12.1. The Balaban J connectivity index is 1.13. The Bertz CT molecular complexity index is 902. The summed E-state index contributed by atoms with van der Waals surface area (Å²) in [5, 5.41) is 4.63. The second-order valence-electron chi connectivity index (χ2n) is 9.01. The van der Waals surface area contributed by atoms with Gasteiger partial charge in [0.2, 0.25) is 0 Å². The topological polar surface area (TPSA) is 59.3 Å². The normalized spacial score (nSPS) is 24.3. The van der Waals surface area contributed by atoms with Crippen LogP contribution in [0.2, 0.25) is 0 Å². The molecule has 4 aliphatic rings. The first-order valence-corrected chi connectivity index (χ1v) is 10.4. The van der Waals surface area contributed by atoms with Crippen LogP contribution in [0.25, 0.3) is 5.52 Å². The monoisotopic (exact) mass is 382 g/mol. The van der Waals surface area contributed by atoms with Crippen molar-refractivity contribution in [2.45, 2.75) is 37.7 Å². The smallest absolute Gasteiger partial charge is 0.410 e. The SMILES string of the molecule is O=C(OC1CC1)N1CCC(c2cnn3cc(N4CC5(COC5)C4)ccc23)CC1. The summed E-state index contributed by atoms with van der Waals surface area (Å²) in [6.45, 7) is 5.52. The standard InChI is InChI=1S/C21H26N4O3/c26-20(28-17-2-3-17)23-7-5-15(6-8-23)18-9-22-25-10-16(1-4-19(18)25)24-11-21(12-24)13-27-14-21/h1,4,9-10,15,17H,2-3,5-8,11-14H2. The lowest BCUT2D eigenvalue weighted by Gasteiger charge is -2.55. The Labute approximate surface area is 164 Å². The van der Waals surface area contributed by atoms with Crippen LogP contribution in [0, 0.1) is 5.41 Å². The fourth-order valence-electron chi connectivity index (χ4n) is 4.79. The van der Waals surface area contributed by atoms with E-state index in [1.165, 1.54) is 16.8 Å². The van der Waals surface area contributed by atoms with Gasteiger partial charge in [-0.15, -0.1) is 0 Å². The van der Waals surface area contributed by atoms with E-state index in [1.54, 1.807) is 0 Å². The van der Waals surface area contributed by atoms with E-state index in [2.05, 4.69) is 28.3 Å². The van der Waals surface area contributed by atoms with Crippen LogP contribution in [-0.2, 0) is 9.47 Å². The summed E-state index contributed by atoms with van der Waals surface area (Å²) in [6, 6.07) is 4.42. The molecule has 0 radical (unpaired) electrons. The molecule has 1 saturated carbocycles. The minimum atomic E-state index is -0.130. The van der Waals surface area contributed by atoms with Crippen molar-refractivity contribution < 1.29 is 14.3 Å². The van der Waals surface area contributed by atoms with Crippen molar-refractivity contribution in [2.24, 2.45) is 5.41 Å². The van der Waals surface area contributed by atoms with Crippen molar-refractivity contribution >= 4 is 17.3 Å². The summed E-state index contributed by atoms with van der Waals surface area (Å²) in [5.41, 5.74) is 4.13. The number of aromatic nitrogens is 2. The zero-order valence-electron chi connectivity index (χ0n) is 16.0. The van der Waals surface area contributed by atoms with Crippen LogP contribution in [0.4, 0.5) is 10.5 Å². The quantitative estimate of drug-likeness (QED) is 0.817. The lowest BCUT2D eigenvalue weighted by atomic mass is 9.78. The summed E-state index contributed by atoms with van der Waals surface area (Å²) >= 11 is 0. The highest BCUT2D eigenvalue weighted by Crippen LogP contribution is 2.40. The largest absolute Gasteiger partial charge is 0.446 e. The Hall–Kier alpha value is -2.28. The van der Waals surface area contributed by atoms with Gasteiger partial charge in [0.15, 0.2) is 0 Å². The molecule has 0 bridgehead atoms. The third-order valence-corrected chi connectivity index (χ3v) is 6.75. The molecule has 1 amide bonds. The second kappa shape index (κ2) is 6.11. The Morgan fingerprint density at radius 2 is 1.93 bits per heavy atom. The molecule has 4 fully saturated rings. The molecule has 0 N–H and O–H groups in total. The van der Waals surface area contributed by atoms with E-state index in [4.69, 9.17) is 9.47 Å². The lowest BCUT2D eigenvalue weighted by Crippen LogP contribution is -2.66. The van der Waals surface area contributed by atoms with Gasteiger partial charge in [-0.1, -0.05) is 0 Å². The van der Waals surface area contributed by atoms with Crippen molar-refractivity contribution in [3.8, 4) is 0 Å². The van der Waals surface area contributed by atoms with Crippen LogP contribution in [0.1, 0.15) is 37.2 Å². The molecule has 0 aromatic carbocycles. The summed E-state index contributed by atoms with van der Waals surface area (Å²) < 4.78 is 12.8. The molecule has 1 spiro atoms. The minimum Gasteiger partial charge on any atom is -0.446 e. The molecule has 6 rings (SSSR count). The number of hydrogen-bond donors (Lipinski definition) is 0. The number of carbonyl (C=O) groups excluding carboxylic acids is 1. The molecule has 2 aromatic heterocycles. The van der Waals surface area contributed by atoms with Crippen LogP contribution in [0.15, 0.2) is 24.5 Å². The molecule has 0 unspecified atom stereocenters. The number of rotatable bonds is 3. The van der Waals surface area contributed by atoms with Crippen molar-refractivity contribution in [3.05, 3.63) is 30.1 Å². The molecular formula is C21H26N4O3. The fourth-order valence-corrected chi connectivity index (χ4v) is 4.79. The first kappa shape index (κ1) is 16.7.